The van der Waals surface area contributed by atoms with E-state index in [1.807, 2.05) is 6.92 Å². The minimum atomic E-state index is -3.33. The van der Waals surface area contributed by atoms with Crippen LogP contribution in [0.4, 0.5) is 0 Å². The number of carbonyl (C=O) groups is 1. The molecule has 1 aromatic carbocycles. The first kappa shape index (κ1) is 18.9. The molecule has 1 aromatic rings. The van der Waals surface area contributed by atoms with Crippen molar-refractivity contribution in [1.82, 2.24) is 5.32 Å². The largest absolute Gasteiger partial charge is 0.345 e. The Bertz CT molecular complexity index is 671. The monoisotopic (exact) mass is 346 g/mol. The predicted octanol–water partition coefficient (Wildman–Crippen LogP) is 1.68. The number of carbonyl (C=O) groups excluding carboxylic acids is 1. The molecule has 7 heteroatoms. The maximum absolute atomic E-state index is 12.5. The fourth-order valence-corrected chi connectivity index (χ4v) is 3.09. The van der Waals surface area contributed by atoms with Crippen LogP contribution in [0.25, 0.3) is 0 Å². The van der Waals surface area contributed by atoms with Gasteiger partial charge in [-0.15, -0.1) is 12.4 Å². The lowest BCUT2D eigenvalue weighted by Crippen LogP contribution is -2.53. The zero-order valence-electron chi connectivity index (χ0n) is 13.0. The van der Waals surface area contributed by atoms with E-state index in [1.54, 1.807) is 13.0 Å². The van der Waals surface area contributed by atoms with E-state index in [1.165, 1.54) is 12.1 Å². The zero-order chi connectivity index (χ0) is 15.8. The molecule has 0 radical (unpaired) electrons. The maximum atomic E-state index is 12.5. The van der Waals surface area contributed by atoms with E-state index >= 15 is 0 Å². The van der Waals surface area contributed by atoms with Crippen molar-refractivity contribution in [2.75, 3.05) is 12.8 Å². The highest BCUT2D eigenvalue weighted by molar-refractivity contribution is 7.90. The number of nitrogens with two attached hydrogens (primary N) is 1. The van der Waals surface area contributed by atoms with E-state index in [4.69, 9.17) is 5.73 Å². The second-order valence-corrected chi connectivity index (χ2v) is 8.11. The topological polar surface area (TPSA) is 89.3 Å². The van der Waals surface area contributed by atoms with Gasteiger partial charge in [0.15, 0.2) is 9.84 Å². The number of hydrogen-bond donors (Lipinski definition) is 2. The molecule has 0 spiro atoms. The molecule has 0 saturated heterocycles. The van der Waals surface area contributed by atoms with Crippen LogP contribution in [0.3, 0.4) is 0 Å². The number of amides is 1. The molecule has 1 unspecified atom stereocenters. The Balaban J connectivity index is 0.00000242. The van der Waals surface area contributed by atoms with Crippen LogP contribution in [0.1, 0.15) is 35.7 Å². The molecule has 22 heavy (non-hydrogen) atoms. The van der Waals surface area contributed by atoms with Gasteiger partial charge in [0.05, 0.1) is 10.4 Å². The summed E-state index contributed by atoms with van der Waals surface area (Å²) in [5, 5.41) is 2.98. The standard InChI is InChI=1S/C15H22N2O3S.ClH/c1-10-4-7-12(21(3,19)20)8-13(10)14(18)17-15(2,9-16)11-5-6-11;/h4,7-8,11H,5-6,9,16H2,1-3H3,(H,17,18);1H. The minimum Gasteiger partial charge on any atom is -0.345 e. The van der Waals surface area contributed by atoms with Gasteiger partial charge < -0.3 is 11.1 Å². The third-order valence-electron chi connectivity index (χ3n) is 4.18. The van der Waals surface area contributed by atoms with Crippen molar-refractivity contribution < 1.29 is 13.2 Å². The van der Waals surface area contributed by atoms with Crippen LogP contribution in [0.2, 0.25) is 0 Å². The third kappa shape index (κ3) is 4.00. The number of rotatable bonds is 5. The molecule has 1 aliphatic carbocycles. The highest BCUT2D eigenvalue weighted by Gasteiger charge is 2.41. The van der Waals surface area contributed by atoms with Gasteiger partial charge in [-0.2, -0.15) is 0 Å². The Hall–Kier alpha value is -1.11. The van der Waals surface area contributed by atoms with Crippen LogP contribution in [0, 0.1) is 12.8 Å². The fourth-order valence-electron chi connectivity index (χ4n) is 2.44. The molecule has 1 amide bonds. The Morgan fingerprint density at radius 1 is 1.41 bits per heavy atom. The van der Waals surface area contributed by atoms with Gasteiger partial charge in [0.2, 0.25) is 0 Å². The molecule has 2 rings (SSSR count). The average molecular weight is 347 g/mol. The van der Waals surface area contributed by atoms with Crippen molar-refractivity contribution in [3.63, 3.8) is 0 Å². The SMILES string of the molecule is Cc1ccc(S(C)(=O)=O)cc1C(=O)NC(C)(CN)C1CC1.Cl. The third-order valence-corrected chi connectivity index (χ3v) is 5.29. The van der Waals surface area contributed by atoms with Crippen LogP contribution in [-0.2, 0) is 9.84 Å². The Kier molecular flexibility index (Phi) is 5.65. The second kappa shape index (κ2) is 6.56. The van der Waals surface area contributed by atoms with Gasteiger partial charge in [0, 0.05) is 18.4 Å². The molecule has 5 nitrogen and oxygen atoms in total. The molecule has 0 aliphatic heterocycles. The number of hydrogen-bond acceptors (Lipinski definition) is 4. The van der Waals surface area contributed by atoms with E-state index in [9.17, 15) is 13.2 Å². The van der Waals surface area contributed by atoms with E-state index in [-0.39, 0.29) is 23.2 Å². The quantitative estimate of drug-likeness (QED) is 0.848. The van der Waals surface area contributed by atoms with Crippen molar-refractivity contribution in [3.05, 3.63) is 29.3 Å². The zero-order valence-corrected chi connectivity index (χ0v) is 14.7. The number of halogens is 1. The summed E-state index contributed by atoms with van der Waals surface area (Å²) in [5.41, 5.74) is 6.51. The Morgan fingerprint density at radius 2 is 2.00 bits per heavy atom. The lowest BCUT2D eigenvalue weighted by Gasteiger charge is -2.29. The Labute approximate surface area is 138 Å². The summed E-state index contributed by atoms with van der Waals surface area (Å²) in [5.74, 6) is 0.141. The van der Waals surface area contributed by atoms with E-state index < -0.39 is 15.4 Å². The Morgan fingerprint density at radius 3 is 2.45 bits per heavy atom. The lowest BCUT2D eigenvalue weighted by molar-refractivity contribution is 0.0897. The fraction of sp³-hybridized carbons (Fsp3) is 0.533. The molecule has 1 aliphatic rings. The summed E-state index contributed by atoms with van der Waals surface area (Å²) < 4.78 is 23.3. The van der Waals surface area contributed by atoms with Crippen LogP contribution >= 0.6 is 12.4 Å². The molecular formula is C15H23ClN2O3S. The molecule has 1 saturated carbocycles. The highest BCUT2D eigenvalue weighted by atomic mass is 35.5. The molecule has 0 aromatic heterocycles. The van der Waals surface area contributed by atoms with Crippen LogP contribution in [-0.4, -0.2) is 32.7 Å². The molecule has 1 atom stereocenters. The lowest BCUT2D eigenvalue weighted by atomic mass is 9.95. The summed E-state index contributed by atoms with van der Waals surface area (Å²) in [4.78, 5) is 12.6. The first-order valence-electron chi connectivity index (χ1n) is 7.00. The molecule has 0 heterocycles. The van der Waals surface area contributed by atoms with Gasteiger partial charge in [-0.25, -0.2) is 8.42 Å². The molecule has 1 fully saturated rings. The van der Waals surface area contributed by atoms with Gasteiger partial charge in [-0.3, -0.25) is 4.79 Å². The summed E-state index contributed by atoms with van der Waals surface area (Å²) >= 11 is 0. The van der Waals surface area contributed by atoms with Gasteiger partial charge in [-0.05, 0) is 50.3 Å². The van der Waals surface area contributed by atoms with Crippen LogP contribution in [0.5, 0.6) is 0 Å². The van der Waals surface area contributed by atoms with E-state index in [0.29, 0.717) is 18.0 Å². The van der Waals surface area contributed by atoms with Crippen molar-refractivity contribution in [3.8, 4) is 0 Å². The smallest absolute Gasteiger partial charge is 0.252 e. The maximum Gasteiger partial charge on any atom is 0.252 e. The van der Waals surface area contributed by atoms with Crippen LogP contribution < -0.4 is 11.1 Å². The van der Waals surface area contributed by atoms with Crippen LogP contribution in [0.15, 0.2) is 23.1 Å². The van der Waals surface area contributed by atoms with Crippen molar-refractivity contribution >= 4 is 28.2 Å². The number of benzene rings is 1. The van der Waals surface area contributed by atoms with Crippen molar-refractivity contribution in [2.45, 2.75) is 37.1 Å². The predicted molar refractivity (Wildman–Crippen MR) is 89.2 cm³/mol. The first-order valence-corrected chi connectivity index (χ1v) is 8.90. The normalized spacial score (nSPS) is 17.3. The number of aryl methyl sites for hydroxylation is 1. The first-order chi connectivity index (χ1) is 9.67. The molecule has 124 valence electrons. The molecule has 3 N–H and O–H groups in total. The highest BCUT2D eigenvalue weighted by Crippen LogP contribution is 2.39. The van der Waals surface area contributed by atoms with Gasteiger partial charge in [0.1, 0.15) is 0 Å². The summed E-state index contributed by atoms with van der Waals surface area (Å²) in [6.07, 6.45) is 3.26. The summed E-state index contributed by atoms with van der Waals surface area (Å²) in [6.45, 7) is 4.10. The van der Waals surface area contributed by atoms with Crippen molar-refractivity contribution in [1.29, 1.82) is 0 Å². The van der Waals surface area contributed by atoms with Crippen molar-refractivity contribution in [2.24, 2.45) is 11.7 Å². The number of nitrogens with one attached hydrogen (secondary N) is 1. The van der Waals surface area contributed by atoms with E-state index in [0.717, 1.165) is 24.7 Å². The summed E-state index contributed by atoms with van der Waals surface area (Å²) in [7, 11) is -3.33. The molecular weight excluding hydrogens is 324 g/mol. The van der Waals surface area contributed by atoms with E-state index in [2.05, 4.69) is 5.32 Å². The second-order valence-electron chi connectivity index (χ2n) is 6.10. The number of sulfone groups is 1. The van der Waals surface area contributed by atoms with Gasteiger partial charge >= 0.3 is 0 Å². The molecule has 0 bridgehead atoms. The summed E-state index contributed by atoms with van der Waals surface area (Å²) in [6, 6.07) is 4.61. The average Bonchev–Trinajstić information content (AvgIpc) is 3.22. The minimum absolute atomic E-state index is 0. The van der Waals surface area contributed by atoms with Gasteiger partial charge in [0.25, 0.3) is 5.91 Å². The van der Waals surface area contributed by atoms with Gasteiger partial charge in [-0.1, -0.05) is 6.07 Å².